The number of carbonyl (C=O) groups excluding carboxylic acids is 1. The largest absolute Gasteiger partial charge is 0.293 e. The van der Waals surface area contributed by atoms with Gasteiger partial charge in [0.05, 0.1) is 10.8 Å². The van der Waals surface area contributed by atoms with Crippen molar-refractivity contribution in [3.63, 3.8) is 0 Å². The van der Waals surface area contributed by atoms with E-state index in [0.29, 0.717) is 21.4 Å². The fourth-order valence-electron chi connectivity index (χ4n) is 1.50. The number of Topliss-reactive ketones (excluding diaryl/α,β-unsaturated/α-hetero) is 1. The van der Waals surface area contributed by atoms with E-state index in [1.165, 1.54) is 11.8 Å². The zero-order valence-corrected chi connectivity index (χ0v) is 13.6. The van der Waals surface area contributed by atoms with Gasteiger partial charge in [0.1, 0.15) is 0 Å². The van der Waals surface area contributed by atoms with Crippen LogP contribution in [-0.2, 0) is 0 Å². The minimum Gasteiger partial charge on any atom is -0.293 e. The molecular formula is C14H9BrCl2OS. The molecule has 0 saturated heterocycles. The Hall–Kier alpha value is -0.480. The molecule has 2 aromatic rings. The summed E-state index contributed by atoms with van der Waals surface area (Å²) in [6.45, 7) is 0. The van der Waals surface area contributed by atoms with Crippen LogP contribution in [0.2, 0.25) is 10.0 Å². The highest BCUT2D eigenvalue weighted by Gasteiger charge is 2.12. The van der Waals surface area contributed by atoms with E-state index in [-0.39, 0.29) is 5.78 Å². The van der Waals surface area contributed by atoms with Gasteiger partial charge in [-0.2, -0.15) is 0 Å². The van der Waals surface area contributed by atoms with Crippen LogP contribution in [0.3, 0.4) is 0 Å². The Bertz CT molecular complexity index is 616. The molecule has 19 heavy (non-hydrogen) atoms. The predicted octanol–water partition coefficient (Wildman–Crippen LogP) is 5.73. The van der Waals surface area contributed by atoms with Crippen LogP contribution in [0.15, 0.2) is 51.8 Å². The Morgan fingerprint density at radius 3 is 2.58 bits per heavy atom. The molecule has 98 valence electrons. The monoisotopic (exact) mass is 374 g/mol. The van der Waals surface area contributed by atoms with E-state index >= 15 is 0 Å². The van der Waals surface area contributed by atoms with E-state index in [9.17, 15) is 4.79 Å². The van der Waals surface area contributed by atoms with Gasteiger partial charge in [-0.05, 0) is 46.3 Å². The molecule has 0 aliphatic rings. The van der Waals surface area contributed by atoms with Gasteiger partial charge < -0.3 is 0 Å². The molecule has 0 unspecified atom stereocenters. The van der Waals surface area contributed by atoms with E-state index < -0.39 is 0 Å². The number of hydrogen-bond acceptors (Lipinski definition) is 2. The minimum atomic E-state index is -0.0116. The first-order chi connectivity index (χ1) is 9.08. The molecule has 0 spiro atoms. The van der Waals surface area contributed by atoms with Crippen LogP contribution in [0.5, 0.6) is 0 Å². The summed E-state index contributed by atoms with van der Waals surface area (Å²) in [4.78, 5) is 13.1. The summed E-state index contributed by atoms with van der Waals surface area (Å²) in [5, 5.41) is 0.922. The van der Waals surface area contributed by atoms with Crippen molar-refractivity contribution < 1.29 is 4.79 Å². The van der Waals surface area contributed by atoms with Gasteiger partial charge >= 0.3 is 0 Å². The fraction of sp³-hybridized carbons (Fsp3) is 0.0714. The van der Waals surface area contributed by atoms with Crippen molar-refractivity contribution in [2.45, 2.75) is 4.90 Å². The molecule has 0 heterocycles. The molecule has 0 bridgehead atoms. The van der Waals surface area contributed by atoms with Crippen molar-refractivity contribution in [1.82, 2.24) is 0 Å². The average molecular weight is 376 g/mol. The van der Waals surface area contributed by atoms with Crippen molar-refractivity contribution in [1.29, 1.82) is 0 Å². The van der Waals surface area contributed by atoms with Crippen molar-refractivity contribution in [3.8, 4) is 0 Å². The predicted molar refractivity (Wildman–Crippen MR) is 85.7 cm³/mol. The molecule has 2 rings (SSSR count). The summed E-state index contributed by atoms with van der Waals surface area (Å²) >= 11 is 16.7. The van der Waals surface area contributed by atoms with Crippen LogP contribution in [0.25, 0.3) is 0 Å². The molecule has 0 aliphatic heterocycles. The van der Waals surface area contributed by atoms with Crippen molar-refractivity contribution in [3.05, 3.63) is 62.5 Å². The van der Waals surface area contributed by atoms with Crippen LogP contribution < -0.4 is 0 Å². The highest BCUT2D eigenvalue weighted by atomic mass is 79.9. The summed E-state index contributed by atoms with van der Waals surface area (Å²) in [5.74, 6) is 0.326. The molecule has 0 N–H and O–H groups in total. The minimum absolute atomic E-state index is 0.0116. The number of rotatable bonds is 4. The van der Waals surface area contributed by atoms with Gasteiger partial charge in [0.2, 0.25) is 0 Å². The zero-order valence-electron chi connectivity index (χ0n) is 9.70. The van der Waals surface area contributed by atoms with Gasteiger partial charge in [-0.15, -0.1) is 11.8 Å². The van der Waals surface area contributed by atoms with E-state index in [2.05, 4.69) is 15.9 Å². The van der Waals surface area contributed by atoms with E-state index in [1.807, 2.05) is 24.3 Å². The van der Waals surface area contributed by atoms with Gasteiger partial charge in [-0.3, -0.25) is 4.79 Å². The topological polar surface area (TPSA) is 17.1 Å². The molecule has 0 radical (unpaired) electrons. The second kappa shape index (κ2) is 6.80. The van der Waals surface area contributed by atoms with Crippen LogP contribution in [-0.4, -0.2) is 11.5 Å². The quantitative estimate of drug-likeness (QED) is 0.501. The number of hydrogen-bond donors (Lipinski definition) is 0. The van der Waals surface area contributed by atoms with Gasteiger partial charge in [-0.1, -0.05) is 35.3 Å². The first-order valence-electron chi connectivity index (χ1n) is 5.43. The molecular weight excluding hydrogens is 367 g/mol. The Morgan fingerprint density at radius 2 is 1.89 bits per heavy atom. The molecule has 2 aromatic carbocycles. The van der Waals surface area contributed by atoms with Gasteiger partial charge in [0.25, 0.3) is 0 Å². The third kappa shape index (κ3) is 3.99. The normalized spacial score (nSPS) is 10.5. The number of thioether (sulfide) groups is 1. The second-order valence-electron chi connectivity index (χ2n) is 3.77. The lowest BCUT2D eigenvalue weighted by Crippen LogP contribution is -2.03. The van der Waals surface area contributed by atoms with E-state index in [4.69, 9.17) is 23.2 Å². The van der Waals surface area contributed by atoms with Crippen LogP contribution in [0, 0.1) is 0 Å². The van der Waals surface area contributed by atoms with Crippen LogP contribution in [0.1, 0.15) is 10.4 Å². The first-order valence-corrected chi connectivity index (χ1v) is 7.97. The van der Waals surface area contributed by atoms with Crippen molar-refractivity contribution in [2.75, 3.05) is 5.75 Å². The number of benzene rings is 2. The zero-order chi connectivity index (χ0) is 13.8. The van der Waals surface area contributed by atoms with E-state index in [0.717, 1.165) is 9.37 Å². The molecule has 5 heteroatoms. The molecule has 0 aromatic heterocycles. The SMILES string of the molecule is O=C(CSc1ccccc1Br)c1ccc(Cl)cc1Cl. The lowest BCUT2D eigenvalue weighted by molar-refractivity contribution is 0.102. The standard InChI is InChI=1S/C14H9BrCl2OS/c15-11-3-1-2-4-14(11)19-8-13(18)10-6-5-9(16)7-12(10)17/h1-7H,8H2. The first kappa shape index (κ1) is 14.9. The van der Waals surface area contributed by atoms with Crippen molar-refractivity contribution >= 4 is 56.7 Å². The highest BCUT2D eigenvalue weighted by Crippen LogP contribution is 2.29. The number of carbonyl (C=O) groups is 1. The third-order valence-electron chi connectivity index (χ3n) is 2.43. The van der Waals surface area contributed by atoms with Gasteiger partial charge in [-0.25, -0.2) is 0 Å². The Kier molecular flexibility index (Phi) is 5.34. The number of ketones is 1. The molecule has 0 amide bonds. The average Bonchev–Trinajstić information content (AvgIpc) is 2.37. The molecule has 0 aliphatic carbocycles. The maximum atomic E-state index is 12.1. The Morgan fingerprint density at radius 1 is 1.16 bits per heavy atom. The fourth-order valence-corrected chi connectivity index (χ4v) is 3.46. The molecule has 1 nitrogen and oxygen atoms in total. The second-order valence-corrected chi connectivity index (χ2v) is 6.48. The summed E-state index contributed by atoms with van der Waals surface area (Å²) in [5.41, 5.74) is 0.505. The summed E-state index contributed by atoms with van der Waals surface area (Å²) < 4.78 is 0.981. The van der Waals surface area contributed by atoms with Gasteiger partial charge in [0.15, 0.2) is 5.78 Å². The van der Waals surface area contributed by atoms with Gasteiger partial charge in [0, 0.05) is 20.0 Å². The summed E-state index contributed by atoms with van der Waals surface area (Å²) in [7, 11) is 0. The van der Waals surface area contributed by atoms with E-state index in [1.54, 1.807) is 18.2 Å². The Balaban J connectivity index is 2.08. The summed E-state index contributed by atoms with van der Waals surface area (Å²) in [6, 6.07) is 12.7. The third-order valence-corrected chi connectivity index (χ3v) is 5.00. The lowest BCUT2D eigenvalue weighted by atomic mass is 10.1. The number of halogens is 3. The molecule has 0 saturated carbocycles. The van der Waals surface area contributed by atoms with Crippen molar-refractivity contribution in [2.24, 2.45) is 0 Å². The smallest absolute Gasteiger partial charge is 0.174 e. The highest BCUT2D eigenvalue weighted by molar-refractivity contribution is 9.10. The molecule has 0 atom stereocenters. The summed E-state index contributed by atoms with van der Waals surface area (Å²) in [6.07, 6.45) is 0. The van der Waals surface area contributed by atoms with Crippen LogP contribution in [0.4, 0.5) is 0 Å². The van der Waals surface area contributed by atoms with Crippen LogP contribution >= 0.6 is 50.9 Å². The lowest BCUT2D eigenvalue weighted by Gasteiger charge is -2.05. The maximum Gasteiger partial charge on any atom is 0.174 e. The maximum absolute atomic E-state index is 12.1. The molecule has 0 fully saturated rings. The Labute approximate surface area is 134 Å².